The Labute approximate surface area is 277 Å². The van der Waals surface area contributed by atoms with E-state index in [4.69, 9.17) is 9.97 Å². The molecule has 0 fully saturated rings. The van der Waals surface area contributed by atoms with Gasteiger partial charge in [-0.15, -0.1) is 23.8 Å². The molecule has 8 aromatic rings. The summed E-state index contributed by atoms with van der Waals surface area (Å²) in [6.07, 6.45) is 1.85. The molecule has 0 unspecified atom stereocenters. The van der Waals surface area contributed by atoms with Gasteiger partial charge >= 0.3 is 0 Å². The molecule has 4 aromatic heterocycles. The Hall–Kier alpha value is -4.53. The van der Waals surface area contributed by atoms with E-state index in [0.29, 0.717) is 0 Å². The van der Waals surface area contributed by atoms with Gasteiger partial charge in [-0.25, -0.2) is 4.98 Å². The molecule has 0 aliphatic rings. The molecule has 4 aromatic carbocycles. The fourth-order valence-electron chi connectivity index (χ4n) is 6.78. The van der Waals surface area contributed by atoms with Gasteiger partial charge in [0.1, 0.15) is 11.4 Å². The zero-order chi connectivity index (χ0) is 30.3. The number of aryl methyl sites for hydroxylation is 2. The Bertz CT molecular complexity index is 2390. The monoisotopic (exact) mass is 765 g/mol. The second-order valence-corrected chi connectivity index (χ2v) is 12.9. The van der Waals surface area contributed by atoms with Crippen molar-refractivity contribution in [2.75, 3.05) is 0 Å². The molecule has 0 saturated heterocycles. The summed E-state index contributed by atoms with van der Waals surface area (Å²) in [7, 11) is 0. The van der Waals surface area contributed by atoms with Crippen molar-refractivity contribution >= 4 is 38.2 Å². The van der Waals surface area contributed by atoms with Crippen molar-refractivity contribution < 1.29 is 26.2 Å². The van der Waals surface area contributed by atoms with Gasteiger partial charge in [-0.1, -0.05) is 74.7 Å². The van der Waals surface area contributed by atoms with Gasteiger partial charge < -0.3 is 9.51 Å². The smallest absolute Gasteiger partial charge is 0.144 e. The van der Waals surface area contributed by atoms with Crippen molar-refractivity contribution in [1.82, 2.24) is 14.4 Å². The van der Waals surface area contributed by atoms with Crippen LogP contribution in [0.5, 0.6) is 5.75 Å². The Balaban J connectivity index is 0.00000325. The van der Waals surface area contributed by atoms with E-state index in [1.807, 2.05) is 18.3 Å². The number of aromatic nitrogens is 3. The zero-order valence-electron chi connectivity index (χ0n) is 25.8. The maximum atomic E-state index is 11.1. The van der Waals surface area contributed by atoms with E-state index in [9.17, 15) is 5.11 Å². The zero-order valence-corrected chi connectivity index (χ0v) is 28.1. The van der Waals surface area contributed by atoms with Crippen LogP contribution < -0.4 is 0 Å². The number of fused-ring (bicyclic) bond motifs is 6. The normalized spacial score (nSPS) is 12.0. The van der Waals surface area contributed by atoms with Gasteiger partial charge in [-0.3, -0.25) is 4.98 Å². The number of rotatable bonds is 3. The van der Waals surface area contributed by atoms with Gasteiger partial charge in [0.15, 0.2) is 0 Å². The molecule has 224 valence electrons. The summed E-state index contributed by atoms with van der Waals surface area (Å²) in [5.74, 6) is 0.218. The topological polar surface area (TPSA) is 50.4 Å². The van der Waals surface area contributed by atoms with Crippen molar-refractivity contribution in [1.29, 1.82) is 0 Å². The molecule has 8 rings (SSSR count). The number of pyridine rings is 2. The van der Waals surface area contributed by atoms with Crippen LogP contribution in [0, 0.1) is 19.9 Å². The van der Waals surface area contributed by atoms with E-state index < -0.39 is 0 Å². The first-order valence-electron chi connectivity index (χ1n) is 15.1. The van der Waals surface area contributed by atoms with Crippen molar-refractivity contribution in [2.24, 2.45) is 0 Å². The van der Waals surface area contributed by atoms with Crippen molar-refractivity contribution in [3.05, 3.63) is 120 Å². The van der Waals surface area contributed by atoms with Crippen LogP contribution >= 0.6 is 0 Å². The van der Waals surface area contributed by atoms with Gasteiger partial charge in [0, 0.05) is 43.6 Å². The third-order valence-corrected chi connectivity index (χ3v) is 9.00. The third kappa shape index (κ3) is 4.54. The van der Waals surface area contributed by atoms with E-state index in [1.165, 1.54) is 33.0 Å². The van der Waals surface area contributed by atoms with E-state index in [2.05, 4.69) is 118 Å². The number of phenols is 1. The van der Waals surface area contributed by atoms with Crippen LogP contribution in [-0.4, -0.2) is 19.5 Å². The Morgan fingerprint density at radius 1 is 0.733 bits per heavy atom. The summed E-state index contributed by atoms with van der Waals surface area (Å²) >= 11 is 0. The fourth-order valence-corrected chi connectivity index (χ4v) is 6.78. The van der Waals surface area contributed by atoms with Gasteiger partial charge in [-0.05, 0) is 94.0 Å². The molecule has 0 aliphatic carbocycles. The molecule has 4 nitrogen and oxygen atoms in total. The van der Waals surface area contributed by atoms with Crippen LogP contribution in [0.4, 0.5) is 0 Å². The minimum absolute atomic E-state index is 0. The minimum Gasteiger partial charge on any atom is -0.507 e. The van der Waals surface area contributed by atoms with Crippen LogP contribution in [-0.2, 0) is 26.5 Å². The van der Waals surface area contributed by atoms with Crippen molar-refractivity contribution in [2.45, 2.75) is 40.0 Å². The summed E-state index contributed by atoms with van der Waals surface area (Å²) in [4.78, 5) is 9.99. The maximum Gasteiger partial charge on any atom is 0.144 e. The molecule has 1 N–H and O–H groups in total. The number of para-hydroxylation sites is 1. The maximum absolute atomic E-state index is 11.1. The molecule has 4 heterocycles. The Kier molecular flexibility index (Phi) is 6.83. The fraction of sp³-hybridized carbons (Fsp3) is 0.150. The second-order valence-electron chi connectivity index (χ2n) is 12.9. The molecular formula is C40H32N3OPt-. The first-order valence-corrected chi connectivity index (χ1v) is 15.1. The second kappa shape index (κ2) is 10.5. The van der Waals surface area contributed by atoms with Crippen LogP contribution in [0.15, 0.2) is 97.2 Å². The molecular weight excluding hydrogens is 734 g/mol. The quantitative estimate of drug-likeness (QED) is 0.182. The first kappa shape index (κ1) is 29.2. The molecule has 45 heavy (non-hydrogen) atoms. The Morgan fingerprint density at radius 2 is 1.42 bits per heavy atom. The molecule has 0 bridgehead atoms. The summed E-state index contributed by atoms with van der Waals surface area (Å²) < 4.78 is 2.24. The number of hydrogen-bond donors (Lipinski definition) is 1. The summed E-state index contributed by atoms with van der Waals surface area (Å²) in [5.41, 5.74) is 12.0. The van der Waals surface area contributed by atoms with E-state index in [1.54, 1.807) is 6.07 Å². The number of aromatic hydroxyl groups is 1. The van der Waals surface area contributed by atoms with Crippen molar-refractivity contribution in [3.63, 3.8) is 0 Å². The van der Waals surface area contributed by atoms with Gasteiger partial charge in [0.05, 0.1) is 11.2 Å². The first-order chi connectivity index (χ1) is 21.2. The van der Waals surface area contributed by atoms with Crippen LogP contribution in [0.25, 0.3) is 71.9 Å². The molecule has 0 spiro atoms. The standard InChI is InChI=1S/C40H32N3O.Pt/c1-23-9-6-10-24(2)37(23)26-19-33(42-34(20-26)32-22-27(40(3,4)5)15-17-36(32)44)25-14-16-28-29-11-7-12-30-31-13-8-18-41-39(31)43(38(29)30)35(28)21-25;/h6-20,22,44H,1-5H3;/q-1;. The van der Waals surface area contributed by atoms with E-state index >= 15 is 0 Å². The predicted octanol–water partition coefficient (Wildman–Crippen LogP) is 10.0. The molecule has 0 amide bonds. The van der Waals surface area contributed by atoms with Crippen LogP contribution in [0.2, 0.25) is 0 Å². The molecule has 0 atom stereocenters. The van der Waals surface area contributed by atoms with Gasteiger partial charge in [-0.2, -0.15) is 0 Å². The number of hydrogen-bond acceptors (Lipinski definition) is 3. The average molecular weight is 766 g/mol. The van der Waals surface area contributed by atoms with E-state index in [-0.39, 0.29) is 32.2 Å². The minimum atomic E-state index is -0.0722. The summed E-state index contributed by atoms with van der Waals surface area (Å²) in [6, 6.07) is 35.2. The molecule has 5 heteroatoms. The predicted molar refractivity (Wildman–Crippen MR) is 182 cm³/mol. The largest absolute Gasteiger partial charge is 0.507 e. The van der Waals surface area contributed by atoms with Gasteiger partial charge in [0.2, 0.25) is 0 Å². The van der Waals surface area contributed by atoms with E-state index in [0.717, 1.165) is 55.6 Å². The Morgan fingerprint density at radius 3 is 2.18 bits per heavy atom. The number of phenolic OH excluding ortho intramolecular Hbond substituents is 1. The van der Waals surface area contributed by atoms with Crippen LogP contribution in [0.3, 0.4) is 0 Å². The van der Waals surface area contributed by atoms with Crippen LogP contribution in [0.1, 0.15) is 37.5 Å². The SMILES string of the molecule is Cc1cccc(C)c1-c1cc(-c2[c-]c3c(cc2)c2cccc4c5cccnc5n3c24)nc(-c2cc(C(C)(C)C)ccc2O)c1.[Pt]. The average Bonchev–Trinajstić information content (AvgIpc) is 3.52. The molecule has 0 radical (unpaired) electrons. The summed E-state index contributed by atoms with van der Waals surface area (Å²) in [6.45, 7) is 10.8. The summed E-state index contributed by atoms with van der Waals surface area (Å²) in [5, 5.41) is 15.8. The van der Waals surface area contributed by atoms with Crippen molar-refractivity contribution in [3.8, 4) is 39.4 Å². The third-order valence-electron chi connectivity index (χ3n) is 9.00. The number of benzene rings is 4. The van der Waals surface area contributed by atoms with Gasteiger partial charge in [0.25, 0.3) is 0 Å². The molecule has 0 saturated carbocycles. The number of nitrogens with zero attached hydrogens (tertiary/aromatic N) is 3. The molecule has 0 aliphatic heterocycles.